The molecule has 2 aromatic rings. The largest absolute Gasteiger partial charge is 0.492 e. The Hall–Kier alpha value is -1.08. The second kappa shape index (κ2) is 7.64. The van der Waals surface area contributed by atoms with Crippen LogP contribution in [0.4, 0.5) is 5.69 Å². The lowest BCUT2D eigenvalue weighted by Crippen LogP contribution is -2.00. The molecule has 3 nitrogen and oxygen atoms in total. The fourth-order valence-electron chi connectivity index (χ4n) is 1.66. The molecule has 0 bridgehead atoms. The van der Waals surface area contributed by atoms with Gasteiger partial charge in [-0.25, -0.2) is 0 Å². The molecule has 0 aliphatic carbocycles. The van der Waals surface area contributed by atoms with Gasteiger partial charge in [-0.1, -0.05) is 34.1 Å². The minimum Gasteiger partial charge on any atom is -0.492 e. The van der Waals surface area contributed by atoms with Gasteiger partial charge in [-0.3, -0.25) is 5.43 Å². The van der Waals surface area contributed by atoms with Gasteiger partial charge in [0.25, 0.3) is 0 Å². The number of nitrogens with zero attached hydrogens (tertiary/aromatic N) is 1. The van der Waals surface area contributed by atoms with Crippen molar-refractivity contribution in [2.75, 3.05) is 12.0 Å². The summed E-state index contributed by atoms with van der Waals surface area (Å²) in [6.07, 6.45) is 1.77. The number of hydrogen-bond acceptors (Lipinski definition) is 3. The average molecular weight is 445 g/mol. The van der Waals surface area contributed by atoms with Crippen LogP contribution in [0.15, 0.2) is 52.0 Å². The molecule has 0 spiro atoms. The molecule has 20 heavy (non-hydrogen) atoms. The van der Waals surface area contributed by atoms with Crippen molar-refractivity contribution in [1.82, 2.24) is 0 Å². The molecule has 1 N–H and O–H groups in total. The van der Waals surface area contributed by atoms with Crippen LogP contribution in [-0.2, 0) is 0 Å². The predicted molar refractivity (Wildman–Crippen MR) is 95.7 cm³/mol. The zero-order chi connectivity index (χ0) is 14.4. The topological polar surface area (TPSA) is 33.6 Å². The van der Waals surface area contributed by atoms with Crippen LogP contribution >= 0.6 is 38.5 Å². The van der Waals surface area contributed by atoms with Crippen molar-refractivity contribution in [3.05, 3.63) is 56.1 Å². The summed E-state index contributed by atoms with van der Waals surface area (Å²) in [4.78, 5) is 0. The lowest BCUT2D eigenvalue weighted by molar-refractivity contribution is 0.337. The van der Waals surface area contributed by atoms with Crippen LogP contribution in [0, 0.1) is 3.57 Å². The third-order valence-electron chi connectivity index (χ3n) is 2.50. The molecule has 0 saturated carbocycles. The Bertz CT molecular complexity index is 602. The van der Waals surface area contributed by atoms with Gasteiger partial charge in [0, 0.05) is 10.0 Å². The van der Waals surface area contributed by atoms with E-state index in [4.69, 9.17) is 4.74 Å². The van der Waals surface area contributed by atoms with Crippen LogP contribution in [0.3, 0.4) is 0 Å². The quantitative estimate of drug-likeness (QED) is 0.404. The van der Waals surface area contributed by atoms with Crippen molar-refractivity contribution in [2.24, 2.45) is 5.10 Å². The number of rotatable bonds is 5. The van der Waals surface area contributed by atoms with E-state index in [2.05, 4.69) is 49.0 Å². The molecule has 0 unspecified atom stereocenters. The van der Waals surface area contributed by atoms with Crippen molar-refractivity contribution >= 4 is 50.4 Å². The molecule has 104 valence electrons. The first-order valence-corrected chi connectivity index (χ1v) is 8.04. The summed E-state index contributed by atoms with van der Waals surface area (Å²) < 4.78 is 7.74. The number of halogens is 2. The molecule has 0 aromatic heterocycles. The molecule has 0 aliphatic heterocycles. The first-order valence-electron chi connectivity index (χ1n) is 6.16. The molecule has 0 fully saturated rings. The highest BCUT2D eigenvalue weighted by Crippen LogP contribution is 2.29. The molecule has 2 aromatic carbocycles. The third-order valence-corrected chi connectivity index (χ3v) is 3.76. The Balaban J connectivity index is 2.19. The standard InChI is InChI=1S/C15H14BrIN2O/c1-2-20-15-11(8-12(16)9-14(15)17)10-18-19-13-6-4-3-5-7-13/h3-10,19H,2H2,1H3. The van der Waals surface area contributed by atoms with Crippen molar-refractivity contribution in [1.29, 1.82) is 0 Å². The average Bonchev–Trinajstić information content (AvgIpc) is 2.43. The highest BCUT2D eigenvalue weighted by atomic mass is 127. The number of para-hydroxylation sites is 1. The van der Waals surface area contributed by atoms with Crippen LogP contribution in [0.1, 0.15) is 12.5 Å². The third kappa shape index (κ3) is 4.21. The lowest BCUT2D eigenvalue weighted by atomic mass is 10.2. The molecule has 5 heteroatoms. The summed E-state index contributed by atoms with van der Waals surface area (Å²) in [5, 5.41) is 4.26. The van der Waals surface area contributed by atoms with Crippen LogP contribution in [0.25, 0.3) is 0 Å². The second-order valence-electron chi connectivity index (χ2n) is 3.98. The van der Waals surface area contributed by atoms with Gasteiger partial charge in [-0.2, -0.15) is 5.10 Å². The first-order chi connectivity index (χ1) is 9.70. The zero-order valence-electron chi connectivity index (χ0n) is 10.9. The predicted octanol–water partition coefficient (Wildman–Crippen LogP) is 4.90. The Kier molecular flexibility index (Phi) is 5.85. The van der Waals surface area contributed by atoms with E-state index in [0.29, 0.717) is 6.61 Å². The van der Waals surface area contributed by atoms with Crippen molar-refractivity contribution < 1.29 is 4.74 Å². The smallest absolute Gasteiger partial charge is 0.141 e. The van der Waals surface area contributed by atoms with Gasteiger partial charge in [0.15, 0.2) is 0 Å². The van der Waals surface area contributed by atoms with Crippen LogP contribution in [0.5, 0.6) is 5.75 Å². The van der Waals surface area contributed by atoms with Gasteiger partial charge in [-0.05, 0) is 53.8 Å². The van der Waals surface area contributed by atoms with Crippen molar-refractivity contribution in [3.63, 3.8) is 0 Å². The van der Waals surface area contributed by atoms with Crippen LogP contribution in [0.2, 0.25) is 0 Å². The van der Waals surface area contributed by atoms with E-state index in [-0.39, 0.29) is 0 Å². The molecule has 0 amide bonds. The summed E-state index contributed by atoms with van der Waals surface area (Å²) in [6.45, 7) is 2.60. The first kappa shape index (κ1) is 15.3. The van der Waals surface area contributed by atoms with Gasteiger partial charge >= 0.3 is 0 Å². The lowest BCUT2D eigenvalue weighted by Gasteiger charge is -2.10. The highest BCUT2D eigenvalue weighted by Gasteiger charge is 2.08. The number of ether oxygens (including phenoxy) is 1. The molecular formula is C15H14BrIN2O. The van der Waals surface area contributed by atoms with Gasteiger partial charge < -0.3 is 4.74 Å². The van der Waals surface area contributed by atoms with E-state index in [1.165, 1.54) is 0 Å². The van der Waals surface area contributed by atoms with E-state index in [0.717, 1.165) is 25.0 Å². The molecule has 0 saturated heterocycles. The number of anilines is 1. The number of hydrazone groups is 1. The Morgan fingerprint density at radius 2 is 2.05 bits per heavy atom. The van der Waals surface area contributed by atoms with Crippen LogP contribution in [-0.4, -0.2) is 12.8 Å². The number of nitrogens with one attached hydrogen (secondary N) is 1. The Morgan fingerprint density at radius 1 is 1.30 bits per heavy atom. The molecule has 0 aliphatic rings. The molecule has 0 heterocycles. The van der Waals surface area contributed by atoms with Gasteiger partial charge in [0.2, 0.25) is 0 Å². The number of hydrogen-bond donors (Lipinski definition) is 1. The molecule has 2 rings (SSSR count). The normalized spacial score (nSPS) is 10.8. The van der Waals surface area contributed by atoms with E-state index in [1.54, 1.807) is 6.21 Å². The van der Waals surface area contributed by atoms with E-state index < -0.39 is 0 Å². The summed E-state index contributed by atoms with van der Waals surface area (Å²) >= 11 is 5.75. The Labute approximate surface area is 140 Å². The van der Waals surface area contributed by atoms with Crippen molar-refractivity contribution in [3.8, 4) is 5.75 Å². The molecular weight excluding hydrogens is 431 g/mol. The maximum absolute atomic E-state index is 5.68. The van der Waals surface area contributed by atoms with Gasteiger partial charge in [0.05, 0.1) is 22.1 Å². The van der Waals surface area contributed by atoms with Gasteiger partial charge in [-0.15, -0.1) is 0 Å². The van der Waals surface area contributed by atoms with Gasteiger partial charge in [0.1, 0.15) is 5.75 Å². The Morgan fingerprint density at radius 3 is 2.75 bits per heavy atom. The summed E-state index contributed by atoms with van der Waals surface area (Å²) in [6, 6.07) is 13.8. The molecule has 0 atom stereocenters. The highest BCUT2D eigenvalue weighted by molar-refractivity contribution is 14.1. The van der Waals surface area contributed by atoms with E-state index in [9.17, 15) is 0 Å². The monoisotopic (exact) mass is 444 g/mol. The summed E-state index contributed by atoms with van der Waals surface area (Å²) in [7, 11) is 0. The minimum absolute atomic E-state index is 0.630. The SMILES string of the molecule is CCOc1c(I)cc(Br)cc1C=NNc1ccccc1. The zero-order valence-corrected chi connectivity index (χ0v) is 14.7. The minimum atomic E-state index is 0.630. The fourth-order valence-corrected chi connectivity index (χ4v) is 3.37. The van der Waals surface area contributed by atoms with Crippen LogP contribution < -0.4 is 10.2 Å². The summed E-state index contributed by atoms with van der Waals surface area (Å²) in [5.74, 6) is 0.856. The maximum atomic E-state index is 5.68. The van der Waals surface area contributed by atoms with Crippen molar-refractivity contribution in [2.45, 2.75) is 6.92 Å². The fraction of sp³-hybridized carbons (Fsp3) is 0.133. The van der Waals surface area contributed by atoms with E-state index in [1.807, 2.05) is 49.4 Å². The van der Waals surface area contributed by atoms with E-state index >= 15 is 0 Å². The summed E-state index contributed by atoms with van der Waals surface area (Å²) in [5.41, 5.74) is 4.89. The number of benzene rings is 2. The molecule has 0 radical (unpaired) electrons. The second-order valence-corrected chi connectivity index (χ2v) is 6.05. The maximum Gasteiger partial charge on any atom is 0.141 e.